The Kier molecular flexibility index (Phi) is 5.26. The number of carbonyl (C=O) groups is 1. The number of carbonyl (C=O) groups excluding carboxylic acids is 1. The van der Waals surface area contributed by atoms with E-state index >= 15 is 0 Å². The van der Waals surface area contributed by atoms with E-state index < -0.39 is 0 Å². The Balaban J connectivity index is 1.40. The van der Waals surface area contributed by atoms with Gasteiger partial charge in [0.2, 0.25) is 0 Å². The summed E-state index contributed by atoms with van der Waals surface area (Å²) >= 11 is 0. The van der Waals surface area contributed by atoms with E-state index in [1.165, 1.54) is 5.56 Å². The number of rotatable bonds is 5. The zero-order chi connectivity index (χ0) is 18.6. The quantitative estimate of drug-likeness (QED) is 0.747. The van der Waals surface area contributed by atoms with Gasteiger partial charge in [-0.15, -0.1) is 0 Å². The fraction of sp³-hybridized carbons (Fsp3) is 0.348. The predicted molar refractivity (Wildman–Crippen MR) is 110 cm³/mol. The molecule has 3 aromatic rings. The number of likely N-dealkylation sites (N-methyl/N-ethyl adjacent to an activating group) is 1. The monoisotopic (exact) mass is 361 g/mol. The van der Waals surface area contributed by atoms with Crippen molar-refractivity contribution in [2.24, 2.45) is 0 Å². The molecule has 0 radical (unpaired) electrons. The normalized spacial score (nSPS) is 17.9. The molecule has 0 bridgehead atoms. The van der Waals surface area contributed by atoms with Crippen molar-refractivity contribution in [1.29, 1.82) is 0 Å². The third kappa shape index (κ3) is 3.91. The first kappa shape index (κ1) is 17.8. The fourth-order valence-electron chi connectivity index (χ4n) is 4.09. The molecule has 27 heavy (non-hydrogen) atoms. The second kappa shape index (κ2) is 7.97. The lowest BCUT2D eigenvalue weighted by atomic mass is 10.0. The number of fused-ring (bicyclic) bond motifs is 1. The van der Waals surface area contributed by atoms with Gasteiger partial charge >= 0.3 is 0 Å². The number of aromatic nitrogens is 1. The fourth-order valence-corrected chi connectivity index (χ4v) is 4.09. The second-order valence-corrected chi connectivity index (χ2v) is 7.50. The molecule has 140 valence electrons. The number of H-pyrrole nitrogens is 1. The van der Waals surface area contributed by atoms with Crippen molar-refractivity contribution in [2.45, 2.75) is 25.3 Å². The summed E-state index contributed by atoms with van der Waals surface area (Å²) in [5.74, 6) is 0.113. The molecule has 1 aliphatic rings. The number of hydrogen-bond donors (Lipinski definition) is 1. The molecular weight excluding hydrogens is 334 g/mol. The summed E-state index contributed by atoms with van der Waals surface area (Å²) in [6.07, 6.45) is 5.13. The van der Waals surface area contributed by atoms with Crippen LogP contribution in [0.15, 0.2) is 60.8 Å². The average Bonchev–Trinajstić information content (AvgIpc) is 3.16. The maximum absolute atomic E-state index is 13.1. The third-order valence-corrected chi connectivity index (χ3v) is 5.73. The molecule has 1 N–H and O–H groups in total. The van der Waals surface area contributed by atoms with Gasteiger partial charge in [0.15, 0.2) is 0 Å². The molecule has 0 aliphatic carbocycles. The summed E-state index contributed by atoms with van der Waals surface area (Å²) in [6.45, 7) is 3.13. The summed E-state index contributed by atoms with van der Waals surface area (Å²) in [5, 5.41) is 1.01. The van der Waals surface area contributed by atoms with Crippen LogP contribution in [0.1, 0.15) is 28.8 Å². The van der Waals surface area contributed by atoms with E-state index in [9.17, 15) is 4.79 Å². The van der Waals surface area contributed by atoms with Crippen molar-refractivity contribution in [2.75, 3.05) is 26.7 Å². The number of para-hydroxylation sites is 1. The minimum absolute atomic E-state index is 0.113. The van der Waals surface area contributed by atoms with Gasteiger partial charge in [-0.2, -0.15) is 0 Å². The van der Waals surface area contributed by atoms with E-state index in [0.717, 1.165) is 55.4 Å². The Morgan fingerprint density at radius 2 is 1.93 bits per heavy atom. The maximum Gasteiger partial charge on any atom is 0.256 e. The standard InChI is InChI=1S/C23H27N3O/c1-25(23(27)21-16-24-22-12-6-5-11-20(21)22)19-10-7-14-26(17-19)15-13-18-8-3-2-4-9-18/h2-6,8-9,11-12,16,19,24H,7,10,13-15,17H2,1H3. The highest BCUT2D eigenvalue weighted by Crippen LogP contribution is 2.22. The molecule has 1 amide bonds. The Labute approximate surface area is 160 Å². The molecule has 0 spiro atoms. The Hall–Kier alpha value is -2.59. The molecule has 1 fully saturated rings. The largest absolute Gasteiger partial charge is 0.360 e. The number of benzene rings is 2. The molecular formula is C23H27N3O. The molecule has 0 saturated carbocycles. The lowest BCUT2D eigenvalue weighted by molar-refractivity contribution is 0.0621. The van der Waals surface area contributed by atoms with Gasteiger partial charge in [-0.25, -0.2) is 0 Å². The first-order valence-corrected chi connectivity index (χ1v) is 9.82. The summed E-state index contributed by atoms with van der Waals surface area (Å²) in [5.41, 5.74) is 3.17. The Bertz CT molecular complexity index is 902. The summed E-state index contributed by atoms with van der Waals surface area (Å²) < 4.78 is 0. The number of nitrogens with one attached hydrogen (secondary N) is 1. The van der Waals surface area contributed by atoms with Crippen LogP contribution >= 0.6 is 0 Å². The predicted octanol–water partition coefficient (Wildman–Crippen LogP) is 3.95. The van der Waals surface area contributed by atoms with Crippen LogP contribution in [0, 0.1) is 0 Å². The van der Waals surface area contributed by atoms with E-state index in [1.807, 2.05) is 42.4 Å². The van der Waals surface area contributed by atoms with E-state index in [1.54, 1.807) is 0 Å². The maximum atomic E-state index is 13.1. The number of aromatic amines is 1. The van der Waals surface area contributed by atoms with Crippen molar-refractivity contribution in [3.63, 3.8) is 0 Å². The molecule has 4 nitrogen and oxygen atoms in total. The zero-order valence-electron chi connectivity index (χ0n) is 15.9. The molecule has 1 aliphatic heterocycles. The number of piperidine rings is 1. The molecule has 2 heterocycles. The minimum atomic E-state index is 0.113. The topological polar surface area (TPSA) is 39.3 Å². The van der Waals surface area contributed by atoms with E-state index in [4.69, 9.17) is 0 Å². The molecule has 1 atom stereocenters. The number of likely N-dealkylation sites (tertiary alicyclic amines) is 1. The van der Waals surface area contributed by atoms with Gasteiger partial charge in [0.25, 0.3) is 5.91 Å². The highest BCUT2D eigenvalue weighted by atomic mass is 16.2. The first-order chi connectivity index (χ1) is 13.2. The molecule has 1 unspecified atom stereocenters. The van der Waals surface area contributed by atoms with E-state index in [0.29, 0.717) is 0 Å². The van der Waals surface area contributed by atoms with Gasteiger partial charge < -0.3 is 14.8 Å². The van der Waals surface area contributed by atoms with Gasteiger partial charge in [-0.1, -0.05) is 48.5 Å². The van der Waals surface area contributed by atoms with Crippen molar-refractivity contribution in [3.8, 4) is 0 Å². The number of amides is 1. The van der Waals surface area contributed by atoms with Crippen LogP contribution in [0.25, 0.3) is 10.9 Å². The van der Waals surface area contributed by atoms with Gasteiger partial charge in [-0.05, 0) is 37.4 Å². The number of hydrogen-bond acceptors (Lipinski definition) is 2. The Morgan fingerprint density at radius 1 is 1.15 bits per heavy atom. The van der Waals surface area contributed by atoms with Gasteiger partial charge in [0.05, 0.1) is 5.56 Å². The Morgan fingerprint density at radius 3 is 2.78 bits per heavy atom. The van der Waals surface area contributed by atoms with Gasteiger partial charge in [0.1, 0.15) is 0 Å². The molecule has 2 aromatic carbocycles. The smallest absolute Gasteiger partial charge is 0.256 e. The minimum Gasteiger partial charge on any atom is -0.360 e. The van der Waals surface area contributed by atoms with Crippen LogP contribution in [0.2, 0.25) is 0 Å². The van der Waals surface area contributed by atoms with Crippen LogP contribution < -0.4 is 0 Å². The van der Waals surface area contributed by atoms with Crippen LogP contribution in [-0.2, 0) is 6.42 Å². The lowest BCUT2D eigenvalue weighted by Gasteiger charge is -2.37. The average molecular weight is 361 g/mol. The van der Waals surface area contributed by atoms with Crippen molar-refractivity contribution in [1.82, 2.24) is 14.8 Å². The van der Waals surface area contributed by atoms with Crippen LogP contribution in [-0.4, -0.2) is 53.4 Å². The first-order valence-electron chi connectivity index (χ1n) is 9.82. The highest BCUT2D eigenvalue weighted by Gasteiger charge is 2.27. The van der Waals surface area contributed by atoms with Crippen LogP contribution in [0.5, 0.6) is 0 Å². The van der Waals surface area contributed by atoms with Gasteiger partial charge in [0, 0.05) is 43.3 Å². The summed E-state index contributed by atoms with van der Waals surface area (Å²) in [6, 6.07) is 18.9. The van der Waals surface area contributed by atoms with E-state index in [2.05, 4.69) is 40.2 Å². The van der Waals surface area contributed by atoms with Crippen molar-refractivity contribution in [3.05, 3.63) is 71.9 Å². The van der Waals surface area contributed by atoms with Crippen molar-refractivity contribution >= 4 is 16.8 Å². The van der Waals surface area contributed by atoms with Crippen LogP contribution in [0.4, 0.5) is 0 Å². The highest BCUT2D eigenvalue weighted by molar-refractivity contribution is 6.06. The lowest BCUT2D eigenvalue weighted by Crippen LogP contribution is -2.48. The molecule has 4 heteroatoms. The van der Waals surface area contributed by atoms with Crippen molar-refractivity contribution < 1.29 is 4.79 Å². The third-order valence-electron chi connectivity index (χ3n) is 5.73. The SMILES string of the molecule is CN(C(=O)c1c[nH]c2ccccc12)C1CCCN(CCc2ccccc2)C1. The summed E-state index contributed by atoms with van der Waals surface area (Å²) in [7, 11) is 1.95. The second-order valence-electron chi connectivity index (χ2n) is 7.50. The summed E-state index contributed by atoms with van der Waals surface area (Å²) in [4.78, 5) is 20.8. The zero-order valence-corrected chi connectivity index (χ0v) is 15.9. The molecule has 4 rings (SSSR count). The van der Waals surface area contributed by atoms with E-state index in [-0.39, 0.29) is 11.9 Å². The molecule has 1 aromatic heterocycles. The van der Waals surface area contributed by atoms with Crippen LogP contribution in [0.3, 0.4) is 0 Å². The van der Waals surface area contributed by atoms with Gasteiger partial charge in [-0.3, -0.25) is 4.79 Å². The molecule has 1 saturated heterocycles. The number of nitrogens with zero attached hydrogens (tertiary/aromatic N) is 2.